The lowest BCUT2D eigenvalue weighted by atomic mass is 10.2. The zero-order valence-corrected chi connectivity index (χ0v) is 18.3. The van der Waals surface area contributed by atoms with Crippen LogP contribution in [-0.4, -0.2) is 45.6 Å². The van der Waals surface area contributed by atoms with Gasteiger partial charge in [-0.1, -0.05) is 36.6 Å². The van der Waals surface area contributed by atoms with Crippen LogP contribution in [0, 0.1) is 0 Å². The molecule has 0 atom stereocenters. The van der Waals surface area contributed by atoms with Crippen LogP contribution in [0.25, 0.3) is 11.2 Å². The van der Waals surface area contributed by atoms with Gasteiger partial charge in [0.05, 0.1) is 13.1 Å². The van der Waals surface area contributed by atoms with E-state index in [4.69, 9.17) is 21.6 Å². The fourth-order valence-electron chi connectivity index (χ4n) is 4.71. The van der Waals surface area contributed by atoms with Crippen LogP contribution in [0.1, 0.15) is 49.9 Å². The zero-order valence-electron chi connectivity index (χ0n) is 17.6. The summed E-state index contributed by atoms with van der Waals surface area (Å²) in [4.78, 5) is 15.1. The molecule has 158 valence electrons. The maximum Gasteiger partial charge on any atom is 0.162 e. The minimum Gasteiger partial charge on any atom is -0.357 e. The van der Waals surface area contributed by atoms with Crippen molar-refractivity contribution in [1.82, 2.24) is 19.4 Å². The Morgan fingerprint density at radius 1 is 0.733 bits per heavy atom. The van der Waals surface area contributed by atoms with Gasteiger partial charge in [-0.25, -0.2) is 9.97 Å². The summed E-state index contributed by atoms with van der Waals surface area (Å²) in [5.41, 5.74) is 3.22. The van der Waals surface area contributed by atoms with Gasteiger partial charge in [-0.3, -0.25) is 4.90 Å². The van der Waals surface area contributed by atoms with E-state index < -0.39 is 0 Å². The first-order valence-electron chi connectivity index (χ1n) is 11.3. The third kappa shape index (κ3) is 4.33. The fraction of sp³-hybridized carbons (Fsp3) is 0.500. The molecule has 0 N–H and O–H groups in total. The smallest absolute Gasteiger partial charge is 0.162 e. The van der Waals surface area contributed by atoms with Crippen molar-refractivity contribution in [2.24, 2.45) is 0 Å². The second-order valence-corrected chi connectivity index (χ2v) is 9.07. The van der Waals surface area contributed by atoms with E-state index in [1.54, 1.807) is 0 Å². The van der Waals surface area contributed by atoms with Crippen LogP contribution in [0.15, 0.2) is 36.4 Å². The van der Waals surface area contributed by atoms with Crippen molar-refractivity contribution in [3.05, 3.63) is 52.8 Å². The highest BCUT2D eigenvalue weighted by Crippen LogP contribution is 2.24. The number of pyridine rings is 1. The predicted molar refractivity (Wildman–Crippen MR) is 123 cm³/mol. The number of hydrogen-bond acceptors (Lipinski definition) is 4. The minimum atomic E-state index is 0.771. The standard InChI is InChI=1S/C24H30ClN5/c25-20-9-7-19(8-10-20)17-30-23(18-28-13-5-6-14-28)26-21-11-12-22(27-24(21)30)29-15-3-1-2-4-16-29/h7-12H,1-6,13-18H2. The van der Waals surface area contributed by atoms with Crippen LogP contribution in [-0.2, 0) is 13.1 Å². The summed E-state index contributed by atoms with van der Waals surface area (Å²) < 4.78 is 2.32. The first-order chi connectivity index (χ1) is 14.8. The lowest BCUT2D eigenvalue weighted by Gasteiger charge is -2.21. The van der Waals surface area contributed by atoms with Crippen LogP contribution < -0.4 is 4.90 Å². The average Bonchev–Trinajstić information content (AvgIpc) is 3.29. The van der Waals surface area contributed by atoms with Crippen LogP contribution >= 0.6 is 11.6 Å². The van der Waals surface area contributed by atoms with E-state index in [2.05, 4.69) is 38.6 Å². The molecule has 5 rings (SSSR count). The SMILES string of the molecule is Clc1ccc(Cn2c(CN3CCCC3)nc3ccc(N4CCCCCC4)nc32)cc1. The molecule has 4 heterocycles. The van der Waals surface area contributed by atoms with Crippen molar-refractivity contribution in [3.8, 4) is 0 Å². The first-order valence-corrected chi connectivity index (χ1v) is 11.7. The Morgan fingerprint density at radius 3 is 2.17 bits per heavy atom. The van der Waals surface area contributed by atoms with Gasteiger partial charge in [-0.2, -0.15) is 0 Å². The summed E-state index contributed by atoms with van der Waals surface area (Å²) in [6.07, 6.45) is 7.73. The number of fused-ring (bicyclic) bond motifs is 1. The molecule has 0 radical (unpaired) electrons. The van der Waals surface area contributed by atoms with Gasteiger partial charge in [-0.05, 0) is 68.6 Å². The summed E-state index contributed by atoms with van der Waals surface area (Å²) in [7, 11) is 0. The van der Waals surface area contributed by atoms with Gasteiger partial charge in [0.1, 0.15) is 17.2 Å². The highest BCUT2D eigenvalue weighted by atomic mass is 35.5. The van der Waals surface area contributed by atoms with Gasteiger partial charge < -0.3 is 9.47 Å². The molecule has 0 unspecified atom stereocenters. The van der Waals surface area contributed by atoms with E-state index in [1.807, 2.05) is 12.1 Å². The Bertz CT molecular complexity index is 983. The Kier molecular flexibility index (Phi) is 5.91. The molecule has 0 aliphatic carbocycles. The van der Waals surface area contributed by atoms with Crippen LogP contribution in [0.5, 0.6) is 0 Å². The highest BCUT2D eigenvalue weighted by Gasteiger charge is 2.20. The number of likely N-dealkylation sites (tertiary alicyclic amines) is 1. The normalized spacial score (nSPS) is 18.2. The molecular formula is C24H30ClN5. The lowest BCUT2D eigenvalue weighted by Crippen LogP contribution is -2.25. The van der Waals surface area contributed by atoms with Gasteiger partial charge in [0.2, 0.25) is 0 Å². The molecule has 0 amide bonds. The minimum absolute atomic E-state index is 0.771. The molecule has 3 aromatic rings. The maximum atomic E-state index is 6.11. The maximum absolute atomic E-state index is 6.11. The molecule has 6 heteroatoms. The van der Waals surface area contributed by atoms with Crippen LogP contribution in [0.3, 0.4) is 0 Å². The molecule has 0 saturated carbocycles. The Balaban J connectivity index is 1.52. The summed E-state index contributed by atoms with van der Waals surface area (Å²) in [6, 6.07) is 12.5. The van der Waals surface area contributed by atoms with Crippen LogP contribution in [0.4, 0.5) is 5.82 Å². The fourth-order valence-corrected chi connectivity index (χ4v) is 4.84. The van der Waals surface area contributed by atoms with E-state index in [9.17, 15) is 0 Å². The monoisotopic (exact) mass is 423 g/mol. The van der Waals surface area contributed by atoms with E-state index in [0.717, 1.165) is 67.1 Å². The number of imidazole rings is 1. The Morgan fingerprint density at radius 2 is 1.43 bits per heavy atom. The number of benzene rings is 1. The average molecular weight is 424 g/mol. The van der Waals surface area contributed by atoms with Crippen molar-refractivity contribution < 1.29 is 0 Å². The molecule has 2 aromatic heterocycles. The molecule has 0 spiro atoms. The van der Waals surface area contributed by atoms with Crippen molar-refractivity contribution in [2.75, 3.05) is 31.1 Å². The van der Waals surface area contributed by atoms with Gasteiger partial charge >= 0.3 is 0 Å². The molecule has 2 aliphatic rings. The Hall–Kier alpha value is -2.11. The first kappa shape index (κ1) is 19.8. The summed E-state index contributed by atoms with van der Waals surface area (Å²) in [5, 5.41) is 0.771. The van der Waals surface area contributed by atoms with Gasteiger partial charge in [0.25, 0.3) is 0 Å². The summed E-state index contributed by atoms with van der Waals surface area (Å²) >= 11 is 6.11. The molecule has 1 aromatic carbocycles. The quantitative estimate of drug-likeness (QED) is 0.571. The van der Waals surface area contributed by atoms with E-state index >= 15 is 0 Å². The molecular weight excluding hydrogens is 394 g/mol. The summed E-state index contributed by atoms with van der Waals surface area (Å²) in [5.74, 6) is 2.21. The lowest BCUT2D eigenvalue weighted by molar-refractivity contribution is 0.318. The highest BCUT2D eigenvalue weighted by molar-refractivity contribution is 6.30. The number of aromatic nitrogens is 3. The van der Waals surface area contributed by atoms with E-state index in [1.165, 1.54) is 44.1 Å². The molecule has 5 nitrogen and oxygen atoms in total. The third-order valence-corrected chi connectivity index (χ3v) is 6.66. The number of rotatable bonds is 5. The second kappa shape index (κ2) is 8.94. The largest absolute Gasteiger partial charge is 0.357 e. The topological polar surface area (TPSA) is 37.2 Å². The third-order valence-electron chi connectivity index (χ3n) is 6.40. The van der Waals surface area contributed by atoms with Crippen molar-refractivity contribution >= 4 is 28.6 Å². The van der Waals surface area contributed by atoms with Crippen molar-refractivity contribution in [3.63, 3.8) is 0 Å². The predicted octanol–water partition coefficient (Wildman–Crippen LogP) is 5.11. The number of hydrogen-bond donors (Lipinski definition) is 0. The van der Waals surface area contributed by atoms with Gasteiger partial charge in [-0.15, -0.1) is 0 Å². The zero-order chi connectivity index (χ0) is 20.3. The van der Waals surface area contributed by atoms with Gasteiger partial charge in [0.15, 0.2) is 5.65 Å². The number of anilines is 1. The van der Waals surface area contributed by atoms with Crippen molar-refractivity contribution in [1.29, 1.82) is 0 Å². The number of nitrogens with zero attached hydrogens (tertiary/aromatic N) is 5. The van der Waals surface area contributed by atoms with E-state index in [0.29, 0.717) is 0 Å². The molecule has 2 aliphatic heterocycles. The molecule has 2 fully saturated rings. The van der Waals surface area contributed by atoms with E-state index in [-0.39, 0.29) is 0 Å². The molecule has 0 bridgehead atoms. The molecule has 30 heavy (non-hydrogen) atoms. The summed E-state index contributed by atoms with van der Waals surface area (Å²) in [6.45, 7) is 6.19. The van der Waals surface area contributed by atoms with Crippen molar-refractivity contribution in [2.45, 2.75) is 51.6 Å². The molecule has 2 saturated heterocycles. The second-order valence-electron chi connectivity index (χ2n) is 8.64. The van der Waals surface area contributed by atoms with Crippen LogP contribution in [0.2, 0.25) is 5.02 Å². The Labute approximate surface area is 183 Å². The van der Waals surface area contributed by atoms with Gasteiger partial charge in [0, 0.05) is 18.1 Å². The number of halogens is 1.